The first-order valence-corrected chi connectivity index (χ1v) is 14.2. The molecule has 1 saturated carbocycles. The minimum atomic E-state index is -0.922. The predicted molar refractivity (Wildman–Crippen MR) is 156 cm³/mol. The molecule has 0 aromatic heterocycles. The van der Waals surface area contributed by atoms with Crippen LogP contribution in [0.2, 0.25) is 0 Å². The van der Waals surface area contributed by atoms with Crippen molar-refractivity contribution >= 4 is 18.0 Å². The van der Waals surface area contributed by atoms with Gasteiger partial charge in [0.2, 0.25) is 5.91 Å². The predicted octanol–water partition coefficient (Wildman–Crippen LogP) is 4.64. The van der Waals surface area contributed by atoms with Gasteiger partial charge in [0.25, 0.3) is 0 Å². The van der Waals surface area contributed by atoms with Gasteiger partial charge < -0.3 is 20.5 Å². The monoisotopic (exact) mass is 555 g/mol. The number of carbonyl (C=O) groups is 3. The fourth-order valence-electron chi connectivity index (χ4n) is 5.62. The van der Waals surface area contributed by atoms with E-state index in [0.29, 0.717) is 18.9 Å². The zero-order chi connectivity index (χ0) is 28.8. The van der Waals surface area contributed by atoms with E-state index in [4.69, 9.17) is 4.74 Å². The van der Waals surface area contributed by atoms with Gasteiger partial charge in [0.1, 0.15) is 12.6 Å². The average Bonchev–Trinajstić information content (AvgIpc) is 3.74. The van der Waals surface area contributed by atoms with Crippen LogP contribution in [0.25, 0.3) is 11.1 Å². The molecule has 41 heavy (non-hydrogen) atoms. The number of fused-ring (bicyclic) bond motifs is 3. The second-order valence-corrected chi connectivity index (χ2v) is 11.2. The molecule has 2 atom stereocenters. The van der Waals surface area contributed by atoms with Crippen LogP contribution in [-0.4, -0.2) is 60.8 Å². The van der Waals surface area contributed by atoms with Crippen molar-refractivity contribution in [1.82, 2.24) is 15.5 Å². The van der Waals surface area contributed by atoms with Crippen LogP contribution in [0.15, 0.2) is 78.9 Å². The van der Waals surface area contributed by atoms with Gasteiger partial charge in [-0.25, -0.2) is 4.79 Å². The summed E-state index contributed by atoms with van der Waals surface area (Å²) >= 11 is 0. The molecule has 0 spiro atoms. The van der Waals surface area contributed by atoms with Crippen molar-refractivity contribution in [3.05, 3.63) is 95.6 Å². The van der Waals surface area contributed by atoms with Gasteiger partial charge in [-0.05, 0) is 47.2 Å². The first-order chi connectivity index (χ1) is 19.9. The van der Waals surface area contributed by atoms with Gasteiger partial charge in [0, 0.05) is 25.6 Å². The fourth-order valence-corrected chi connectivity index (χ4v) is 5.62. The van der Waals surface area contributed by atoms with E-state index in [2.05, 4.69) is 34.9 Å². The Morgan fingerprint density at radius 1 is 0.927 bits per heavy atom. The van der Waals surface area contributed by atoms with Crippen molar-refractivity contribution in [3.63, 3.8) is 0 Å². The highest BCUT2D eigenvalue weighted by Crippen LogP contribution is 2.44. The van der Waals surface area contributed by atoms with E-state index in [-0.39, 0.29) is 25.6 Å². The van der Waals surface area contributed by atoms with Gasteiger partial charge in [-0.1, -0.05) is 91.7 Å². The number of nitrogens with zero attached hydrogens (tertiary/aromatic N) is 1. The molecule has 214 valence electrons. The van der Waals surface area contributed by atoms with Crippen LogP contribution < -0.4 is 10.6 Å². The fraction of sp³-hybridized carbons (Fsp3) is 0.364. The maximum absolute atomic E-state index is 13.3. The normalized spacial score (nSPS) is 15.5. The molecular formula is C33H37N3O5. The number of aliphatic carboxylic acids is 1. The Balaban J connectivity index is 1.23. The van der Waals surface area contributed by atoms with Crippen molar-refractivity contribution in [3.8, 4) is 11.1 Å². The lowest BCUT2D eigenvalue weighted by molar-refractivity contribution is -0.142. The number of carbonyl (C=O) groups excluding carboxylic acids is 2. The van der Waals surface area contributed by atoms with E-state index in [1.807, 2.05) is 66.5 Å². The van der Waals surface area contributed by atoms with E-state index in [9.17, 15) is 19.5 Å². The minimum absolute atomic E-state index is 0.0237. The van der Waals surface area contributed by atoms with Gasteiger partial charge in [-0.2, -0.15) is 0 Å². The summed E-state index contributed by atoms with van der Waals surface area (Å²) in [4.78, 5) is 40.0. The van der Waals surface area contributed by atoms with E-state index >= 15 is 0 Å². The summed E-state index contributed by atoms with van der Waals surface area (Å²) in [6.45, 7) is 0.966. The molecule has 5 rings (SSSR count). The summed E-state index contributed by atoms with van der Waals surface area (Å²) < 4.78 is 5.70. The topological polar surface area (TPSA) is 108 Å². The van der Waals surface area contributed by atoms with Gasteiger partial charge in [0.05, 0.1) is 5.92 Å². The molecule has 3 aromatic rings. The molecule has 3 N–H and O–H groups in total. The molecule has 3 aromatic carbocycles. The van der Waals surface area contributed by atoms with Crippen molar-refractivity contribution < 1.29 is 24.2 Å². The van der Waals surface area contributed by atoms with Gasteiger partial charge >= 0.3 is 12.1 Å². The standard InChI is InChI=1S/C33H37N3O5/c1-36(19-23-9-3-2-4-10-23)20-30(31(37)34-18-24(32(38)39)17-22-15-16-22)35-33(40)41-21-29-27-13-7-5-11-25(27)26-12-6-8-14-28(26)29/h2-14,22,24,29-30H,15-21H2,1H3,(H,34,37)(H,35,40)(H,38,39). The number of likely N-dealkylation sites (N-methyl/N-ethyl adjacent to an activating group) is 1. The largest absolute Gasteiger partial charge is 0.481 e. The Morgan fingerprint density at radius 2 is 1.54 bits per heavy atom. The van der Waals surface area contributed by atoms with Gasteiger partial charge in [0.15, 0.2) is 0 Å². The summed E-state index contributed by atoms with van der Waals surface area (Å²) in [5.41, 5.74) is 5.56. The molecule has 8 heteroatoms. The van der Waals surface area contributed by atoms with Crippen molar-refractivity contribution in [2.75, 3.05) is 26.7 Å². The number of alkyl carbamates (subject to hydrolysis) is 1. The molecule has 2 aliphatic carbocycles. The Kier molecular flexibility index (Phi) is 8.99. The molecule has 2 unspecified atom stereocenters. The summed E-state index contributed by atoms with van der Waals surface area (Å²) in [5.74, 6) is -1.68. The quantitative estimate of drug-likeness (QED) is 0.284. The van der Waals surface area contributed by atoms with Crippen molar-refractivity contribution in [1.29, 1.82) is 0 Å². The molecule has 0 radical (unpaired) electrons. The first-order valence-electron chi connectivity index (χ1n) is 14.2. The number of carboxylic acids is 1. The Morgan fingerprint density at radius 3 is 2.15 bits per heavy atom. The van der Waals surface area contributed by atoms with Crippen molar-refractivity contribution in [2.24, 2.45) is 11.8 Å². The zero-order valence-corrected chi connectivity index (χ0v) is 23.3. The Hall–Kier alpha value is -4.17. The summed E-state index contributed by atoms with van der Waals surface area (Å²) in [6, 6.07) is 25.1. The van der Waals surface area contributed by atoms with Crippen LogP contribution >= 0.6 is 0 Å². The highest BCUT2D eigenvalue weighted by Gasteiger charge is 2.32. The number of ether oxygens (including phenoxy) is 1. The number of carboxylic acid groups (broad SMARTS) is 1. The van der Waals surface area contributed by atoms with E-state index in [0.717, 1.165) is 40.7 Å². The number of amides is 2. The lowest BCUT2D eigenvalue weighted by Crippen LogP contribution is -2.53. The van der Waals surface area contributed by atoms with E-state index < -0.39 is 29.9 Å². The first kappa shape index (κ1) is 28.4. The number of nitrogens with one attached hydrogen (secondary N) is 2. The molecule has 0 bridgehead atoms. The van der Waals surface area contributed by atoms with Crippen LogP contribution in [0.4, 0.5) is 4.79 Å². The second kappa shape index (κ2) is 13.0. The molecular weight excluding hydrogens is 518 g/mol. The molecule has 2 aliphatic rings. The minimum Gasteiger partial charge on any atom is -0.481 e. The SMILES string of the molecule is CN(Cc1ccccc1)CC(NC(=O)OCC1c2ccccc2-c2ccccc21)C(=O)NCC(CC1CC1)C(=O)O. The Bertz CT molecular complexity index is 1330. The highest BCUT2D eigenvalue weighted by molar-refractivity contribution is 5.86. The van der Waals surface area contributed by atoms with E-state index in [1.54, 1.807) is 0 Å². The summed E-state index contributed by atoms with van der Waals surface area (Å²) in [6.07, 6.45) is 1.93. The summed E-state index contributed by atoms with van der Waals surface area (Å²) in [5, 5.41) is 15.1. The number of rotatable bonds is 13. The molecule has 0 saturated heterocycles. The van der Waals surface area contributed by atoms with Crippen LogP contribution in [0.5, 0.6) is 0 Å². The lowest BCUT2D eigenvalue weighted by Gasteiger charge is -2.25. The number of benzene rings is 3. The maximum atomic E-state index is 13.3. The van der Waals surface area contributed by atoms with Gasteiger partial charge in [-0.15, -0.1) is 0 Å². The van der Waals surface area contributed by atoms with Crippen LogP contribution in [0, 0.1) is 11.8 Å². The van der Waals surface area contributed by atoms with Crippen LogP contribution in [0.3, 0.4) is 0 Å². The maximum Gasteiger partial charge on any atom is 0.407 e. The molecule has 2 amide bonds. The lowest BCUT2D eigenvalue weighted by atomic mass is 9.98. The van der Waals surface area contributed by atoms with Crippen LogP contribution in [-0.2, 0) is 20.9 Å². The number of hydrogen-bond donors (Lipinski definition) is 3. The third-order valence-corrected chi connectivity index (χ3v) is 7.93. The second-order valence-electron chi connectivity index (χ2n) is 11.2. The zero-order valence-electron chi connectivity index (χ0n) is 23.3. The Labute approximate surface area is 240 Å². The smallest absolute Gasteiger partial charge is 0.407 e. The molecule has 0 heterocycles. The van der Waals surface area contributed by atoms with Gasteiger partial charge in [-0.3, -0.25) is 14.5 Å². The molecule has 8 nitrogen and oxygen atoms in total. The molecule has 0 aliphatic heterocycles. The summed E-state index contributed by atoms with van der Waals surface area (Å²) in [7, 11) is 1.87. The average molecular weight is 556 g/mol. The van der Waals surface area contributed by atoms with E-state index in [1.165, 1.54) is 0 Å². The third kappa shape index (κ3) is 7.32. The third-order valence-electron chi connectivity index (χ3n) is 7.93. The van der Waals surface area contributed by atoms with Crippen LogP contribution in [0.1, 0.15) is 41.9 Å². The highest BCUT2D eigenvalue weighted by atomic mass is 16.5. The number of hydrogen-bond acceptors (Lipinski definition) is 5. The molecule has 1 fully saturated rings. The van der Waals surface area contributed by atoms with Crippen molar-refractivity contribution in [2.45, 2.75) is 37.8 Å².